The average Bonchev–Trinajstić information content (AvgIpc) is 1.88. The number of carbonyl (C=O) groups excluding carboxylic acids is 1. The summed E-state index contributed by atoms with van der Waals surface area (Å²) in [6.07, 6.45) is 3.25. The minimum atomic E-state index is -0.355. The quantitative estimate of drug-likeness (QED) is 0.256. The Morgan fingerprint density at radius 2 is 2.40 bits per heavy atom. The van der Waals surface area contributed by atoms with Crippen LogP contribution in [0.4, 0.5) is 0 Å². The molecule has 0 heterocycles. The molecule has 3 heteroatoms. The maximum absolute atomic E-state index is 10.7. The van der Waals surface area contributed by atoms with Crippen LogP contribution in [0.2, 0.25) is 6.04 Å². The van der Waals surface area contributed by atoms with Crippen LogP contribution in [0, 0.1) is 0 Å². The average molecular weight is 156 g/mol. The normalized spacial score (nSPS) is 10.1. The van der Waals surface area contributed by atoms with E-state index < -0.39 is 0 Å². The maximum Gasteiger partial charge on any atom is 0.337 e. The summed E-state index contributed by atoms with van der Waals surface area (Å²) in [6.45, 7) is 5.06. The standard InChI is InChI=1S/C7H12O2Si/c1-6(2)7(8)9-4-3-5-10/h3-4H,1,5H2,2,10H3. The third-order valence-corrected chi connectivity index (χ3v) is 1.33. The van der Waals surface area contributed by atoms with Crippen molar-refractivity contribution in [2.45, 2.75) is 13.0 Å². The lowest BCUT2D eigenvalue weighted by Crippen LogP contribution is -1.98. The molecule has 0 unspecified atom stereocenters. The summed E-state index contributed by atoms with van der Waals surface area (Å²) in [5.41, 5.74) is 0.429. The Labute approximate surface area is 64.0 Å². The highest BCUT2D eigenvalue weighted by atomic mass is 28.1. The van der Waals surface area contributed by atoms with Crippen molar-refractivity contribution in [2.75, 3.05) is 0 Å². The number of ether oxygens (including phenoxy) is 1. The topological polar surface area (TPSA) is 26.3 Å². The minimum Gasteiger partial charge on any atom is -0.432 e. The molecule has 0 N–H and O–H groups in total. The second kappa shape index (κ2) is 4.99. The monoisotopic (exact) mass is 156 g/mol. The van der Waals surface area contributed by atoms with Gasteiger partial charge in [0.25, 0.3) is 0 Å². The predicted octanol–water partition coefficient (Wildman–Crippen LogP) is 0.403. The molecule has 0 aromatic rings. The van der Waals surface area contributed by atoms with Gasteiger partial charge in [0, 0.05) is 15.8 Å². The molecule has 0 saturated carbocycles. The van der Waals surface area contributed by atoms with Gasteiger partial charge in [0.2, 0.25) is 0 Å². The molecule has 0 amide bonds. The van der Waals surface area contributed by atoms with Gasteiger partial charge in [-0.3, -0.25) is 0 Å². The van der Waals surface area contributed by atoms with Crippen molar-refractivity contribution in [3.05, 3.63) is 24.5 Å². The zero-order chi connectivity index (χ0) is 7.98. The van der Waals surface area contributed by atoms with Crippen molar-refractivity contribution < 1.29 is 9.53 Å². The number of allylic oxidation sites excluding steroid dienone is 1. The molecule has 0 aliphatic heterocycles. The first-order chi connectivity index (χ1) is 4.68. The van der Waals surface area contributed by atoms with Crippen molar-refractivity contribution in [1.82, 2.24) is 0 Å². The fraction of sp³-hybridized carbons (Fsp3) is 0.286. The van der Waals surface area contributed by atoms with Crippen molar-refractivity contribution in [3.8, 4) is 0 Å². The molecule has 0 rings (SSSR count). The van der Waals surface area contributed by atoms with E-state index in [1.54, 1.807) is 6.92 Å². The van der Waals surface area contributed by atoms with Crippen LogP contribution in [-0.4, -0.2) is 16.2 Å². The number of hydrogen-bond donors (Lipinski definition) is 0. The highest BCUT2D eigenvalue weighted by Gasteiger charge is 1.97. The summed E-state index contributed by atoms with van der Waals surface area (Å²) in [5.74, 6) is -0.355. The first-order valence-electron chi connectivity index (χ1n) is 3.20. The molecule has 0 atom stereocenters. The number of esters is 1. The molecular formula is C7H12O2Si. The number of hydrogen-bond acceptors (Lipinski definition) is 2. The first-order valence-corrected chi connectivity index (χ1v) is 4.61. The van der Waals surface area contributed by atoms with Crippen LogP contribution >= 0.6 is 0 Å². The zero-order valence-electron chi connectivity index (χ0n) is 6.39. The Hall–Kier alpha value is -0.833. The van der Waals surface area contributed by atoms with E-state index in [1.807, 2.05) is 6.08 Å². The van der Waals surface area contributed by atoms with Gasteiger partial charge in [-0.25, -0.2) is 4.79 Å². The van der Waals surface area contributed by atoms with Crippen molar-refractivity contribution >= 4 is 16.2 Å². The summed E-state index contributed by atoms with van der Waals surface area (Å²) in [7, 11) is 1.09. The lowest BCUT2D eigenvalue weighted by Gasteiger charge is -1.94. The second-order valence-electron chi connectivity index (χ2n) is 1.97. The van der Waals surface area contributed by atoms with Crippen LogP contribution in [0.25, 0.3) is 0 Å². The summed E-state index contributed by atoms with van der Waals surface area (Å²) in [5, 5.41) is 0. The molecule has 2 nitrogen and oxygen atoms in total. The molecule has 0 radical (unpaired) electrons. The van der Waals surface area contributed by atoms with Crippen LogP contribution in [0.3, 0.4) is 0 Å². The second-order valence-corrected chi connectivity index (χ2v) is 2.78. The third kappa shape index (κ3) is 4.09. The Kier molecular flexibility index (Phi) is 4.58. The molecule has 56 valence electrons. The highest BCUT2D eigenvalue weighted by Crippen LogP contribution is 1.92. The fourth-order valence-corrected chi connectivity index (χ4v) is 0.499. The Bertz CT molecular complexity index is 161. The number of carbonyl (C=O) groups is 1. The largest absolute Gasteiger partial charge is 0.432 e. The van der Waals surface area contributed by atoms with Crippen LogP contribution in [0.15, 0.2) is 24.5 Å². The number of rotatable bonds is 3. The molecule has 0 aromatic carbocycles. The van der Waals surface area contributed by atoms with Gasteiger partial charge in [0.05, 0.1) is 6.26 Å². The lowest BCUT2D eigenvalue weighted by atomic mass is 10.4. The van der Waals surface area contributed by atoms with Crippen molar-refractivity contribution in [1.29, 1.82) is 0 Å². The minimum absolute atomic E-state index is 0.355. The molecule has 0 fully saturated rings. The van der Waals surface area contributed by atoms with E-state index in [1.165, 1.54) is 6.26 Å². The SMILES string of the molecule is C=C(C)C(=O)OC=CC[SiH3]. The molecule has 0 aliphatic rings. The van der Waals surface area contributed by atoms with Gasteiger partial charge in [-0.15, -0.1) is 0 Å². The Morgan fingerprint density at radius 3 is 2.80 bits per heavy atom. The van der Waals surface area contributed by atoms with Crippen LogP contribution in [0.5, 0.6) is 0 Å². The summed E-state index contributed by atoms with van der Waals surface area (Å²) in [6, 6.07) is 1.00. The summed E-state index contributed by atoms with van der Waals surface area (Å²) in [4.78, 5) is 10.7. The first kappa shape index (κ1) is 9.17. The molecule has 0 spiro atoms. The van der Waals surface area contributed by atoms with E-state index in [0.29, 0.717) is 5.57 Å². The molecule has 0 aliphatic carbocycles. The van der Waals surface area contributed by atoms with Gasteiger partial charge in [-0.05, 0) is 13.0 Å². The van der Waals surface area contributed by atoms with Gasteiger partial charge >= 0.3 is 5.97 Å². The Balaban J connectivity index is 3.60. The van der Waals surface area contributed by atoms with E-state index in [0.717, 1.165) is 16.3 Å². The molecule has 0 saturated heterocycles. The van der Waals surface area contributed by atoms with E-state index in [2.05, 4.69) is 11.3 Å². The van der Waals surface area contributed by atoms with Crippen LogP contribution in [0.1, 0.15) is 6.92 Å². The van der Waals surface area contributed by atoms with Gasteiger partial charge in [0.1, 0.15) is 0 Å². The van der Waals surface area contributed by atoms with Crippen LogP contribution < -0.4 is 0 Å². The van der Waals surface area contributed by atoms with E-state index in [9.17, 15) is 4.79 Å². The van der Waals surface area contributed by atoms with Gasteiger partial charge in [0.15, 0.2) is 0 Å². The molecule has 0 aromatic heterocycles. The maximum atomic E-state index is 10.7. The lowest BCUT2D eigenvalue weighted by molar-refractivity contribution is -0.133. The van der Waals surface area contributed by atoms with Crippen LogP contribution in [-0.2, 0) is 9.53 Å². The van der Waals surface area contributed by atoms with E-state index in [4.69, 9.17) is 0 Å². The molecule has 10 heavy (non-hydrogen) atoms. The predicted molar refractivity (Wildman–Crippen MR) is 44.8 cm³/mol. The Morgan fingerprint density at radius 1 is 1.80 bits per heavy atom. The van der Waals surface area contributed by atoms with Crippen molar-refractivity contribution in [2.24, 2.45) is 0 Å². The van der Waals surface area contributed by atoms with E-state index >= 15 is 0 Å². The summed E-state index contributed by atoms with van der Waals surface area (Å²) >= 11 is 0. The fourth-order valence-electron chi connectivity index (χ4n) is 0.307. The summed E-state index contributed by atoms with van der Waals surface area (Å²) < 4.78 is 4.65. The molecule has 0 bridgehead atoms. The highest BCUT2D eigenvalue weighted by molar-refractivity contribution is 6.09. The van der Waals surface area contributed by atoms with Gasteiger partial charge in [-0.2, -0.15) is 0 Å². The van der Waals surface area contributed by atoms with Gasteiger partial charge in [-0.1, -0.05) is 12.7 Å². The van der Waals surface area contributed by atoms with Gasteiger partial charge < -0.3 is 4.74 Å². The van der Waals surface area contributed by atoms with E-state index in [-0.39, 0.29) is 5.97 Å². The zero-order valence-corrected chi connectivity index (χ0v) is 8.39. The smallest absolute Gasteiger partial charge is 0.337 e. The molecular weight excluding hydrogens is 144 g/mol. The third-order valence-electron chi connectivity index (χ3n) is 0.855. The van der Waals surface area contributed by atoms with Crippen molar-refractivity contribution in [3.63, 3.8) is 0 Å².